The van der Waals surface area contributed by atoms with Crippen LogP contribution in [0.15, 0.2) is 52.3 Å². The lowest BCUT2D eigenvalue weighted by Crippen LogP contribution is -2.40. The number of nitrogens with zero attached hydrogens (tertiary/aromatic N) is 4. The number of pyridine rings is 1. The largest absolute Gasteiger partial charge is 0.483 e. The summed E-state index contributed by atoms with van der Waals surface area (Å²) in [6, 6.07) is 9.67. The van der Waals surface area contributed by atoms with Gasteiger partial charge in [0.2, 0.25) is 6.43 Å². The van der Waals surface area contributed by atoms with E-state index in [1.165, 1.54) is 34.9 Å². The van der Waals surface area contributed by atoms with Crippen molar-refractivity contribution in [1.82, 2.24) is 19.4 Å². The minimum Gasteiger partial charge on any atom is -0.483 e. The van der Waals surface area contributed by atoms with Crippen LogP contribution in [-0.2, 0) is 24.3 Å². The Morgan fingerprint density at radius 3 is 2.76 bits per heavy atom. The van der Waals surface area contributed by atoms with Crippen LogP contribution in [0.5, 0.6) is 0 Å². The van der Waals surface area contributed by atoms with E-state index in [1.807, 2.05) is 18.2 Å². The van der Waals surface area contributed by atoms with Crippen molar-refractivity contribution in [1.29, 1.82) is 0 Å². The van der Waals surface area contributed by atoms with E-state index in [4.69, 9.17) is 21.5 Å². The van der Waals surface area contributed by atoms with E-state index in [1.54, 1.807) is 6.20 Å². The Balaban J connectivity index is 0.00000113. The number of thiophene rings is 1. The van der Waals surface area contributed by atoms with Crippen LogP contribution >= 0.6 is 22.9 Å². The number of aromatic nitrogens is 3. The molecule has 4 aromatic rings. The number of hydrogen-bond acceptors (Lipinski definition) is 7. The lowest BCUT2D eigenvalue weighted by molar-refractivity contribution is -0.122. The summed E-state index contributed by atoms with van der Waals surface area (Å²) in [6.45, 7) is 2.60. The van der Waals surface area contributed by atoms with Gasteiger partial charge in [-0.05, 0) is 55.6 Å². The molecule has 42 heavy (non-hydrogen) atoms. The molecule has 0 saturated carbocycles. The predicted octanol–water partition coefficient (Wildman–Crippen LogP) is 4.46. The fourth-order valence-electron chi connectivity index (χ4n) is 5.76. The highest BCUT2D eigenvalue weighted by Crippen LogP contribution is 2.44. The Morgan fingerprint density at radius 1 is 1.21 bits per heavy atom. The minimum absolute atomic E-state index is 0.0428. The van der Waals surface area contributed by atoms with Gasteiger partial charge >= 0.3 is 5.69 Å². The number of halogens is 3. The predicted molar refractivity (Wildman–Crippen MR) is 160 cm³/mol. The Bertz CT molecular complexity index is 1700. The first-order valence-electron chi connectivity index (χ1n) is 13.6. The quantitative estimate of drug-likeness (QED) is 0.295. The van der Waals surface area contributed by atoms with Gasteiger partial charge in [-0.2, -0.15) is 0 Å². The molecule has 3 aromatic heterocycles. The van der Waals surface area contributed by atoms with Gasteiger partial charge in [-0.3, -0.25) is 19.1 Å². The number of nitrogens with one attached hydrogen (secondary N) is 1. The zero-order chi connectivity index (χ0) is 29.8. The van der Waals surface area contributed by atoms with Crippen molar-refractivity contribution in [3.05, 3.63) is 79.0 Å². The van der Waals surface area contributed by atoms with Crippen LogP contribution in [-0.4, -0.2) is 57.8 Å². The highest BCUT2D eigenvalue weighted by atomic mass is 35.5. The molecule has 1 saturated heterocycles. The first kappa shape index (κ1) is 29.9. The van der Waals surface area contributed by atoms with Crippen molar-refractivity contribution in [3.63, 3.8) is 0 Å². The van der Waals surface area contributed by atoms with Crippen LogP contribution in [0.1, 0.15) is 29.7 Å². The average molecular weight is 618 g/mol. The topological polar surface area (TPSA) is 109 Å². The second-order valence-corrected chi connectivity index (χ2v) is 11.8. The summed E-state index contributed by atoms with van der Waals surface area (Å²) < 4.78 is 28.6. The van der Waals surface area contributed by atoms with Gasteiger partial charge in [0.25, 0.3) is 12.0 Å². The van der Waals surface area contributed by atoms with Crippen LogP contribution in [0, 0.1) is 0 Å². The molecule has 1 atom stereocenters. The van der Waals surface area contributed by atoms with Crippen LogP contribution in [0.3, 0.4) is 0 Å². The van der Waals surface area contributed by atoms with Gasteiger partial charge < -0.3 is 19.9 Å². The highest BCUT2D eigenvalue weighted by Gasteiger charge is 2.30. The van der Waals surface area contributed by atoms with Gasteiger partial charge in [0, 0.05) is 77.3 Å². The highest BCUT2D eigenvalue weighted by molar-refractivity contribution is 7.19. The van der Waals surface area contributed by atoms with Crippen molar-refractivity contribution in [2.75, 3.05) is 24.5 Å². The van der Waals surface area contributed by atoms with Crippen molar-refractivity contribution in [3.8, 4) is 11.1 Å². The number of fused-ring (bicyclic) bond motifs is 2. The van der Waals surface area contributed by atoms with Crippen molar-refractivity contribution in [2.24, 2.45) is 0 Å². The van der Waals surface area contributed by atoms with Gasteiger partial charge in [-0.15, -0.1) is 11.3 Å². The molecule has 0 unspecified atom stereocenters. The summed E-state index contributed by atoms with van der Waals surface area (Å²) in [4.78, 5) is 41.7. The Labute approximate surface area is 249 Å². The summed E-state index contributed by atoms with van der Waals surface area (Å²) in [5.41, 5.74) is 4.26. The number of carbonyl (C=O) groups is 1. The molecule has 2 N–H and O–H groups in total. The second-order valence-electron chi connectivity index (χ2n) is 10.2. The Hall–Kier alpha value is -3.61. The number of anilines is 1. The van der Waals surface area contributed by atoms with E-state index in [-0.39, 0.29) is 19.6 Å². The van der Waals surface area contributed by atoms with Gasteiger partial charge in [0.05, 0.1) is 16.8 Å². The average Bonchev–Trinajstić information content (AvgIpc) is 3.64. The van der Waals surface area contributed by atoms with Crippen molar-refractivity contribution < 1.29 is 18.7 Å². The molecule has 13 heteroatoms. The number of rotatable bonds is 7. The summed E-state index contributed by atoms with van der Waals surface area (Å²) in [5.74, 6) is 0. The third-order valence-electron chi connectivity index (χ3n) is 7.56. The summed E-state index contributed by atoms with van der Waals surface area (Å²) in [7, 11) is 0. The summed E-state index contributed by atoms with van der Waals surface area (Å²) >= 11 is 8.11. The zero-order valence-corrected chi connectivity index (χ0v) is 24.2. The van der Waals surface area contributed by atoms with Gasteiger partial charge in [-0.1, -0.05) is 11.6 Å². The monoisotopic (exact) mass is 617 g/mol. The smallest absolute Gasteiger partial charge is 0.331 e. The molecule has 0 aliphatic carbocycles. The molecular formula is C29H30ClF2N5O4S. The molecule has 1 aromatic carbocycles. The van der Waals surface area contributed by atoms with E-state index in [0.717, 1.165) is 74.3 Å². The third kappa shape index (κ3) is 6.25. The molecule has 0 radical (unpaired) electrons. The summed E-state index contributed by atoms with van der Waals surface area (Å²) in [5, 5.41) is 11.1. The molecule has 9 nitrogen and oxygen atoms in total. The normalized spacial score (nSPS) is 16.4. The van der Waals surface area contributed by atoms with E-state index >= 15 is 0 Å². The molecule has 0 spiro atoms. The van der Waals surface area contributed by atoms with E-state index in [2.05, 4.69) is 21.3 Å². The maximum Gasteiger partial charge on any atom is 0.331 e. The van der Waals surface area contributed by atoms with Crippen LogP contribution < -0.4 is 21.5 Å². The first-order valence-corrected chi connectivity index (χ1v) is 14.8. The fourth-order valence-corrected chi connectivity index (χ4v) is 7.13. The van der Waals surface area contributed by atoms with Gasteiger partial charge in [-0.25, -0.2) is 13.6 Å². The van der Waals surface area contributed by atoms with Crippen molar-refractivity contribution in [2.45, 2.75) is 51.2 Å². The van der Waals surface area contributed by atoms with Gasteiger partial charge in [0.1, 0.15) is 0 Å². The first-order chi connectivity index (χ1) is 20.3. The molecule has 222 valence electrons. The summed E-state index contributed by atoms with van der Waals surface area (Å²) in [6.07, 6.45) is 3.22. The maximum atomic E-state index is 12.9. The lowest BCUT2D eigenvalue weighted by Gasteiger charge is -2.38. The zero-order valence-electron chi connectivity index (χ0n) is 22.6. The number of hydrogen-bond donors (Lipinski definition) is 2. The van der Waals surface area contributed by atoms with E-state index < -0.39 is 24.1 Å². The Kier molecular flexibility index (Phi) is 9.34. The van der Waals surface area contributed by atoms with Crippen molar-refractivity contribution >= 4 is 45.3 Å². The third-order valence-corrected chi connectivity index (χ3v) is 8.92. The molecule has 0 amide bonds. The molecule has 6 rings (SSSR count). The number of aryl methyl sites for hydroxylation is 2. The lowest BCUT2D eigenvalue weighted by atomic mass is 9.92. The Morgan fingerprint density at radius 2 is 2.02 bits per heavy atom. The number of carboxylic acid groups (broad SMARTS) is 1. The van der Waals surface area contributed by atoms with Crippen LogP contribution in [0.25, 0.3) is 21.3 Å². The fraction of sp³-hybridized carbons (Fsp3) is 0.379. The second kappa shape index (κ2) is 13.1. The standard InChI is InChI=1S/C28H28ClF2N5O2S.CH2O2/c29-18-12-17-2-1-9-35(19-3-7-32-15-19)26(17)22(13-18)21-4-8-33-23-14-20(39-27(21)23)16-36-25(37)6-11-34(28(36)38)10-5-24(30)31;2-1-3/h4,6,8,11-14,19,24,32H,1-3,5,7,9-10,15-16H2;1H,(H,2,3)/t19-;/m0./s1. The van der Waals surface area contributed by atoms with E-state index in [0.29, 0.717) is 11.1 Å². The molecule has 2 aliphatic heterocycles. The molecule has 1 fully saturated rings. The molecule has 5 heterocycles. The maximum absolute atomic E-state index is 12.9. The van der Waals surface area contributed by atoms with E-state index in [9.17, 15) is 18.4 Å². The number of alkyl halides is 2. The number of benzene rings is 1. The SMILES string of the molecule is O=CO.O=c1ccn(CCC(F)F)c(=O)n1Cc1cc2nccc(-c3cc(Cl)cc4c3N([C@H]3CCNC3)CCC4)c2s1. The van der Waals surface area contributed by atoms with Crippen LogP contribution in [0.2, 0.25) is 5.02 Å². The molecular weight excluding hydrogens is 588 g/mol. The molecule has 2 aliphatic rings. The van der Waals surface area contributed by atoms with Gasteiger partial charge in [0.15, 0.2) is 0 Å². The molecule has 0 bridgehead atoms. The van der Waals surface area contributed by atoms with Crippen LogP contribution in [0.4, 0.5) is 14.5 Å². The minimum atomic E-state index is -2.53.